The molecule has 0 aliphatic rings. The van der Waals surface area contributed by atoms with Gasteiger partial charge in [0.15, 0.2) is 0 Å². The van der Waals surface area contributed by atoms with E-state index in [2.05, 4.69) is 71.1 Å². The molecule has 0 aliphatic heterocycles. The standard InChI is InChI=1S/C13H17IN4/c1-13(2,3)15-8-11-9-18(17-16-11)12-6-4-5-10(14)7-12/h4-7,9,15H,8H2,1-3H3. The van der Waals surface area contributed by atoms with Crippen LogP contribution in [-0.4, -0.2) is 20.5 Å². The number of hydrogen-bond acceptors (Lipinski definition) is 3. The number of benzene rings is 1. The van der Waals surface area contributed by atoms with E-state index >= 15 is 0 Å². The molecule has 18 heavy (non-hydrogen) atoms. The van der Waals surface area contributed by atoms with E-state index in [4.69, 9.17) is 0 Å². The van der Waals surface area contributed by atoms with Crippen LogP contribution in [0.25, 0.3) is 5.69 Å². The van der Waals surface area contributed by atoms with Gasteiger partial charge < -0.3 is 5.32 Å². The first-order valence-electron chi connectivity index (χ1n) is 5.86. The monoisotopic (exact) mass is 356 g/mol. The molecule has 0 saturated heterocycles. The summed E-state index contributed by atoms with van der Waals surface area (Å²) < 4.78 is 3.00. The molecule has 0 amide bonds. The van der Waals surface area contributed by atoms with Gasteiger partial charge in [0.1, 0.15) is 0 Å². The number of hydrogen-bond donors (Lipinski definition) is 1. The van der Waals surface area contributed by atoms with Gasteiger partial charge in [0.25, 0.3) is 0 Å². The zero-order valence-electron chi connectivity index (χ0n) is 10.8. The molecule has 1 aromatic carbocycles. The van der Waals surface area contributed by atoms with E-state index in [1.807, 2.05) is 23.0 Å². The van der Waals surface area contributed by atoms with Gasteiger partial charge in [-0.15, -0.1) is 5.10 Å². The van der Waals surface area contributed by atoms with Gasteiger partial charge in [0.05, 0.1) is 17.6 Å². The molecule has 1 heterocycles. The fourth-order valence-corrected chi connectivity index (χ4v) is 2.01. The Morgan fingerprint density at radius 1 is 1.33 bits per heavy atom. The van der Waals surface area contributed by atoms with Crippen LogP contribution in [0.2, 0.25) is 0 Å². The second kappa shape index (κ2) is 5.36. The summed E-state index contributed by atoms with van der Waals surface area (Å²) in [5, 5.41) is 11.7. The lowest BCUT2D eigenvalue weighted by atomic mass is 10.1. The van der Waals surface area contributed by atoms with Crippen molar-refractivity contribution >= 4 is 22.6 Å². The summed E-state index contributed by atoms with van der Waals surface area (Å²) in [6.07, 6.45) is 1.96. The first-order valence-corrected chi connectivity index (χ1v) is 6.94. The molecule has 96 valence electrons. The lowest BCUT2D eigenvalue weighted by molar-refractivity contribution is 0.421. The minimum Gasteiger partial charge on any atom is -0.306 e. The van der Waals surface area contributed by atoms with E-state index in [1.54, 1.807) is 0 Å². The summed E-state index contributed by atoms with van der Waals surface area (Å²) >= 11 is 2.29. The first-order chi connectivity index (χ1) is 8.44. The lowest BCUT2D eigenvalue weighted by Gasteiger charge is -2.19. The highest BCUT2D eigenvalue weighted by atomic mass is 127. The van der Waals surface area contributed by atoms with Crippen LogP contribution in [-0.2, 0) is 6.54 Å². The van der Waals surface area contributed by atoms with Crippen molar-refractivity contribution < 1.29 is 0 Å². The molecule has 4 nitrogen and oxygen atoms in total. The van der Waals surface area contributed by atoms with E-state index < -0.39 is 0 Å². The van der Waals surface area contributed by atoms with Crippen molar-refractivity contribution in [2.45, 2.75) is 32.9 Å². The van der Waals surface area contributed by atoms with Crippen LogP contribution in [0, 0.1) is 3.57 Å². The van der Waals surface area contributed by atoms with Crippen molar-refractivity contribution in [3.8, 4) is 5.69 Å². The van der Waals surface area contributed by atoms with Gasteiger partial charge in [-0.1, -0.05) is 11.3 Å². The highest BCUT2D eigenvalue weighted by Gasteiger charge is 2.10. The average molecular weight is 356 g/mol. The van der Waals surface area contributed by atoms with Gasteiger partial charge in [0, 0.05) is 15.7 Å². The fourth-order valence-electron chi connectivity index (χ4n) is 1.48. The predicted molar refractivity (Wildman–Crippen MR) is 80.7 cm³/mol. The molecule has 0 unspecified atom stereocenters. The highest BCUT2D eigenvalue weighted by Crippen LogP contribution is 2.12. The van der Waals surface area contributed by atoms with Crippen molar-refractivity contribution in [3.05, 3.63) is 39.7 Å². The smallest absolute Gasteiger partial charge is 0.0969 e. The Morgan fingerprint density at radius 3 is 2.78 bits per heavy atom. The molecule has 0 aliphatic carbocycles. The van der Waals surface area contributed by atoms with Gasteiger partial charge >= 0.3 is 0 Å². The lowest BCUT2D eigenvalue weighted by Crippen LogP contribution is -2.35. The largest absolute Gasteiger partial charge is 0.306 e. The molecule has 0 fully saturated rings. The fraction of sp³-hybridized carbons (Fsp3) is 0.385. The van der Waals surface area contributed by atoms with E-state index in [9.17, 15) is 0 Å². The Kier molecular flexibility index (Phi) is 4.01. The van der Waals surface area contributed by atoms with Crippen molar-refractivity contribution in [2.24, 2.45) is 0 Å². The summed E-state index contributed by atoms with van der Waals surface area (Å²) in [6, 6.07) is 8.18. The van der Waals surface area contributed by atoms with Gasteiger partial charge in [-0.2, -0.15) is 0 Å². The normalized spacial score (nSPS) is 11.8. The van der Waals surface area contributed by atoms with Gasteiger partial charge in [0.2, 0.25) is 0 Å². The number of rotatable bonds is 3. The molecule has 0 spiro atoms. The van der Waals surface area contributed by atoms with E-state index in [0.717, 1.165) is 17.9 Å². The molecular weight excluding hydrogens is 339 g/mol. The maximum atomic E-state index is 4.17. The van der Waals surface area contributed by atoms with Crippen LogP contribution in [0.5, 0.6) is 0 Å². The molecule has 1 N–H and O–H groups in total. The Morgan fingerprint density at radius 2 is 2.11 bits per heavy atom. The first kappa shape index (κ1) is 13.5. The molecule has 0 saturated carbocycles. The Bertz CT molecular complexity index is 528. The predicted octanol–water partition coefficient (Wildman–Crippen LogP) is 2.76. The summed E-state index contributed by atoms with van der Waals surface area (Å²) in [7, 11) is 0. The third kappa shape index (κ3) is 3.78. The maximum absolute atomic E-state index is 4.17. The Balaban J connectivity index is 2.11. The van der Waals surface area contributed by atoms with Gasteiger partial charge in [-0.3, -0.25) is 0 Å². The quantitative estimate of drug-likeness (QED) is 0.860. The van der Waals surface area contributed by atoms with Crippen LogP contribution in [0.4, 0.5) is 0 Å². The van der Waals surface area contributed by atoms with Crippen LogP contribution in [0.15, 0.2) is 30.5 Å². The van der Waals surface area contributed by atoms with Crippen LogP contribution < -0.4 is 5.32 Å². The molecule has 0 bridgehead atoms. The van der Waals surface area contributed by atoms with Crippen LogP contribution >= 0.6 is 22.6 Å². The SMILES string of the molecule is CC(C)(C)NCc1cn(-c2cccc(I)c2)nn1. The molecule has 2 aromatic rings. The van der Waals surface area contributed by atoms with Crippen molar-refractivity contribution in [2.75, 3.05) is 0 Å². The minimum absolute atomic E-state index is 0.0892. The maximum Gasteiger partial charge on any atom is 0.0969 e. The zero-order valence-corrected chi connectivity index (χ0v) is 13.0. The molecule has 0 radical (unpaired) electrons. The van der Waals surface area contributed by atoms with E-state index in [1.165, 1.54) is 3.57 Å². The third-order valence-electron chi connectivity index (χ3n) is 2.41. The summed E-state index contributed by atoms with van der Waals surface area (Å²) in [4.78, 5) is 0. The van der Waals surface area contributed by atoms with Gasteiger partial charge in [-0.05, 0) is 61.6 Å². The van der Waals surface area contributed by atoms with Crippen LogP contribution in [0.1, 0.15) is 26.5 Å². The zero-order chi connectivity index (χ0) is 13.2. The van der Waals surface area contributed by atoms with E-state index in [0.29, 0.717) is 0 Å². The second-order valence-corrected chi connectivity index (χ2v) is 6.48. The summed E-state index contributed by atoms with van der Waals surface area (Å²) in [5.41, 5.74) is 2.08. The molecule has 0 atom stereocenters. The van der Waals surface area contributed by atoms with E-state index in [-0.39, 0.29) is 5.54 Å². The number of nitrogens with zero attached hydrogens (tertiary/aromatic N) is 3. The minimum atomic E-state index is 0.0892. The molecule has 2 rings (SSSR count). The molecule has 5 heteroatoms. The summed E-state index contributed by atoms with van der Waals surface area (Å²) in [6.45, 7) is 7.14. The number of aromatic nitrogens is 3. The van der Waals surface area contributed by atoms with Crippen molar-refractivity contribution in [1.29, 1.82) is 0 Å². The Hall–Kier alpha value is -0.950. The van der Waals surface area contributed by atoms with Crippen molar-refractivity contribution in [1.82, 2.24) is 20.3 Å². The number of halogens is 1. The Labute approximate surface area is 121 Å². The second-order valence-electron chi connectivity index (χ2n) is 5.24. The molecular formula is C13H17IN4. The number of nitrogens with one attached hydrogen (secondary N) is 1. The van der Waals surface area contributed by atoms with Gasteiger partial charge in [-0.25, -0.2) is 4.68 Å². The van der Waals surface area contributed by atoms with Crippen LogP contribution in [0.3, 0.4) is 0 Å². The summed E-state index contributed by atoms with van der Waals surface area (Å²) in [5.74, 6) is 0. The average Bonchev–Trinajstić information content (AvgIpc) is 2.74. The topological polar surface area (TPSA) is 42.7 Å². The third-order valence-corrected chi connectivity index (χ3v) is 3.08. The molecule has 1 aromatic heterocycles. The highest BCUT2D eigenvalue weighted by molar-refractivity contribution is 14.1. The van der Waals surface area contributed by atoms with Crippen molar-refractivity contribution in [3.63, 3.8) is 0 Å².